The maximum absolute atomic E-state index is 4.42. The summed E-state index contributed by atoms with van der Waals surface area (Å²) in [6.07, 6.45) is 7.93. The summed E-state index contributed by atoms with van der Waals surface area (Å²) in [5.74, 6) is 1.67. The zero-order valence-electron chi connectivity index (χ0n) is 18.2. The maximum Gasteiger partial charge on any atom is 0.190 e. The largest absolute Gasteiger partial charge is 0.356 e. The van der Waals surface area contributed by atoms with Gasteiger partial charge in [0.15, 0.2) is 5.96 Å². The van der Waals surface area contributed by atoms with Crippen molar-refractivity contribution < 1.29 is 0 Å². The van der Waals surface area contributed by atoms with E-state index in [0.29, 0.717) is 5.92 Å². The Morgan fingerprint density at radius 3 is 2.86 bits per heavy atom. The van der Waals surface area contributed by atoms with E-state index >= 15 is 0 Å². The van der Waals surface area contributed by atoms with Crippen LogP contribution in [0, 0.1) is 5.92 Å². The average molecular weight is 534 g/mol. The molecule has 7 heteroatoms. The second kappa shape index (κ2) is 13.8. The Morgan fingerprint density at radius 2 is 2.10 bits per heavy atom. The van der Waals surface area contributed by atoms with Gasteiger partial charge >= 0.3 is 0 Å². The van der Waals surface area contributed by atoms with E-state index in [-0.39, 0.29) is 24.0 Å². The molecule has 0 bridgehead atoms. The van der Waals surface area contributed by atoms with Gasteiger partial charge in [0.2, 0.25) is 0 Å². The predicted octanol–water partition coefficient (Wildman–Crippen LogP) is 4.01. The molecule has 0 aliphatic carbocycles. The molecule has 0 saturated carbocycles. The standard InChI is InChI=1S/C22H39N5S.HI/c1-19-8-3-4-13-27(19)14-7-11-24-22(23-2)25-16-20-9-5-12-26(17-20)18-21-10-6-15-28-21;/h6,10,15,19-20H,3-5,7-9,11-14,16-18H2,1-2H3,(H2,23,24,25);1H. The third-order valence-electron chi connectivity index (χ3n) is 6.20. The summed E-state index contributed by atoms with van der Waals surface area (Å²) in [5, 5.41) is 9.26. The van der Waals surface area contributed by atoms with Gasteiger partial charge in [-0.25, -0.2) is 0 Å². The quantitative estimate of drug-likeness (QED) is 0.230. The zero-order valence-corrected chi connectivity index (χ0v) is 21.4. The normalized spacial score (nSPS) is 24.1. The van der Waals surface area contributed by atoms with E-state index in [1.807, 2.05) is 18.4 Å². The van der Waals surface area contributed by atoms with Gasteiger partial charge in [-0.2, -0.15) is 0 Å². The highest BCUT2D eigenvalue weighted by atomic mass is 127. The molecule has 3 heterocycles. The Morgan fingerprint density at radius 1 is 1.21 bits per heavy atom. The third-order valence-corrected chi connectivity index (χ3v) is 7.06. The highest BCUT2D eigenvalue weighted by Crippen LogP contribution is 2.20. The SMILES string of the molecule is CN=C(NCCCN1CCCCC1C)NCC1CCCN(Cc2cccs2)C1.I. The first kappa shape index (κ1) is 24.9. The third kappa shape index (κ3) is 8.71. The first-order chi connectivity index (χ1) is 13.7. The summed E-state index contributed by atoms with van der Waals surface area (Å²) in [4.78, 5) is 11.2. The predicted molar refractivity (Wildman–Crippen MR) is 137 cm³/mol. The number of nitrogens with one attached hydrogen (secondary N) is 2. The Bertz CT molecular complexity index is 580. The van der Waals surface area contributed by atoms with Crippen LogP contribution in [0.15, 0.2) is 22.5 Å². The van der Waals surface area contributed by atoms with E-state index < -0.39 is 0 Å². The molecule has 0 amide bonds. The van der Waals surface area contributed by atoms with Gasteiger partial charge in [0.1, 0.15) is 0 Å². The van der Waals surface area contributed by atoms with Crippen LogP contribution in [0.5, 0.6) is 0 Å². The van der Waals surface area contributed by atoms with Crippen LogP contribution in [0.25, 0.3) is 0 Å². The lowest BCUT2D eigenvalue weighted by molar-refractivity contribution is 0.159. The number of guanidine groups is 1. The minimum atomic E-state index is 0. The lowest BCUT2D eigenvalue weighted by Gasteiger charge is -2.33. The Kier molecular flexibility index (Phi) is 11.9. The fourth-order valence-electron chi connectivity index (χ4n) is 4.52. The average Bonchev–Trinajstić information content (AvgIpc) is 3.22. The molecule has 166 valence electrons. The molecule has 5 nitrogen and oxygen atoms in total. The van der Waals surface area contributed by atoms with Crippen molar-refractivity contribution in [2.75, 3.05) is 46.3 Å². The van der Waals surface area contributed by atoms with E-state index in [9.17, 15) is 0 Å². The Balaban J connectivity index is 0.00000300. The molecule has 2 saturated heterocycles. The molecule has 2 N–H and O–H groups in total. The molecule has 2 atom stereocenters. The first-order valence-corrected chi connectivity index (χ1v) is 12.1. The smallest absolute Gasteiger partial charge is 0.190 e. The van der Waals surface area contributed by atoms with Gasteiger partial charge < -0.3 is 15.5 Å². The molecule has 0 aromatic carbocycles. The van der Waals surface area contributed by atoms with Gasteiger partial charge in [0.25, 0.3) is 0 Å². The van der Waals surface area contributed by atoms with E-state index in [2.05, 4.69) is 49.9 Å². The van der Waals surface area contributed by atoms with Crippen LogP contribution in [-0.2, 0) is 6.54 Å². The van der Waals surface area contributed by atoms with Crippen LogP contribution < -0.4 is 10.6 Å². The van der Waals surface area contributed by atoms with Crippen LogP contribution in [0.3, 0.4) is 0 Å². The molecule has 29 heavy (non-hydrogen) atoms. The molecule has 0 radical (unpaired) electrons. The number of thiophene rings is 1. The van der Waals surface area contributed by atoms with Crippen molar-refractivity contribution in [3.05, 3.63) is 22.4 Å². The number of hydrogen-bond donors (Lipinski definition) is 2. The second-order valence-electron chi connectivity index (χ2n) is 8.44. The van der Waals surface area contributed by atoms with Gasteiger partial charge in [0, 0.05) is 50.7 Å². The minimum Gasteiger partial charge on any atom is -0.356 e. The number of nitrogens with zero attached hydrogens (tertiary/aromatic N) is 3. The van der Waals surface area contributed by atoms with E-state index in [1.54, 1.807) is 0 Å². The van der Waals surface area contributed by atoms with Crippen molar-refractivity contribution in [1.82, 2.24) is 20.4 Å². The summed E-state index contributed by atoms with van der Waals surface area (Å²) in [6, 6.07) is 5.17. The molecule has 1 aromatic heterocycles. The van der Waals surface area contributed by atoms with E-state index in [1.165, 1.54) is 69.6 Å². The topological polar surface area (TPSA) is 42.9 Å². The summed E-state index contributed by atoms with van der Waals surface area (Å²) in [6.45, 7) is 10.4. The van der Waals surface area contributed by atoms with Crippen molar-refractivity contribution in [2.45, 2.75) is 58.0 Å². The summed E-state index contributed by atoms with van der Waals surface area (Å²) < 4.78 is 0. The van der Waals surface area contributed by atoms with Gasteiger partial charge in [-0.1, -0.05) is 12.5 Å². The number of piperidine rings is 2. The number of halogens is 1. The maximum atomic E-state index is 4.42. The number of hydrogen-bond acceptors (Lipinski definition) is 4. The molecule has 1 aromatic rings. The minimum absolute atomic E-state index is 0. The summed E-state index contributed by atoms with van der Waals surface area (Å²) in [7, 11) is 1.88. The highest BCUT2D eigenvalue weighted by Gasteiger charge is 2.20. The molecule has 2 unspecified atom stereocenters. The molecule has 2 aliphatic rings. The molecule has 2 fully saturated rings. The lowest BCUT2D eigenvalue weighted by atomic mass is 9.98. The molecule has 3 rings (SSSR count). The van der Waals surface area contributed by atoms with Crippen LogP contribution in [-0.4, -0.2) is 68.1 Å². The number of aliphatic imine (C=N–C) groups is 1. The number of likely N-dealkylation sites (tertiary alicyclic amines) is 2. The van der Waals surface area contributed by atoms with Crippen molar-refractivity contribution in [3.8, 4) is 0 Å². The highest BCUT2D eigenvalue weighted by molar-refractivity contribution is 14.0. The second-order valence-corrected chi connectivity index (χ2v) is 9.47. The van der Waals surface area contributed by atoms with Crippen LogP contribution >= 0.6 is 35.3 Å². The lowest BCUT2D eigenvalue weighted by Crippen LogP contribution is -2.45. The monoisotopic (exact) mass is 533 g/mol. The van der Waals surface area contributed by atoms with Crippen LogP contribution in [0.4, 0.5) is 0 Å². The van der Waals surface area contributed by atoms with E-state index in [4.69, 9.17) is 0 Å². The van der Waals surface area contributed by atoms with Gasteiger partial charge in [0.05, 0.1) is 0 Å². The summed E-state index contributed by atoms with van der Waals surface area (Å²) in [5.41, 5.74) is 0. The van der Waals surface area contributed by atoms with Crippen molar-refractivity contribution in [3.63, 3.8) is 0 Å². The molecule has 2 aliphatic heterocycles. The molecule has 0 spiro atoms. The van der Waals surface area contributed by atoms with Gasteiger partial charge in [-0.05, 0) is 69.5 Å². The van der Waals surface area contributed by atoms with E-state index in [0.717, 1.165) is 31.6 Å². The Hall–Kier alpha value is -0.380. The van der Waals surface area contributed by atoms with Crippen molar-refractivity contribution in [2.24, 2.45) is 10.9 Å². The number of rotatable bonds is 8. The Labute approximate surface area is 198 Å². The summed E-state index contributed by atoms with van der Waals surface area (Å²) >= 11 is 1.87. The zero-order chi connectivity index (χ0) is 19.6. The van der Waals surface area contributed by atoms with Crippen LogP contribution in [0.2, 0.25) is 0 Å². The van der Waals surface area contributed by atoms with Crippen molar-refractivity contribution in [1.29, 1.82) is 0 Å². The fourth-order valence-corrected chi connectivity index (χ4v) is 5.27. The van der Waals surface area contributed by atoms with Crippen molar-refractivity contribution >= 4 is 41.3 Å². The van der Waals surface area contributed by atoms with Crippen LogP contribution in [0.1, 0.15) is 50.3 Å². The first-order valence-electron chi connectivity index (χ1n) is 11.2. The molecular formula is C22H40IN5S. The fraction of sp³-hybridized carbons (Fsp3) is 0.773. The molecular weight excluding hydrogens is 493 g/mol. The van der Waals surface area contributed by atoms with Gasteiger partial charge in [-0.3, -0.25) is 9.89 Å². The van der Waals surface area contributed by atoms with Gasteiger partial charge in [-0.15, -0.1) is 35.3 Å².